The normalized spacial score (nSPS) is 10.7. The van der Waals surface area contributed by atoms with Crippen molar-refractivity contribution in [3.05, 3.63) is 77.7 Å². The van der Waals surface area contributed by atoms with Crippen LogP contribution in [0.5, 0.6) is 0 Å². The van der Waals surface area contributed by atoms with Crippen molar-refractivity contribution in [2.75, 3.05) is 10.6 Å². The fourth-order valence-corrected chi connectivity index (χ4v) is 3.85. The van der Waals surface area contributed by atoms with Crippen LogP contribution < -0.4 is 10.6 Å². The van der Waals surface area contributed by atoms with E-state index in [0.29, 0.717) is 31.6 Å². The Morgan fingerprint density at radius 3 is 2.27 bits per heavy atom. The zero-order valence-corrected chi connectivity index (χ0v) is 15.0. The third-order valence-corrected chi connectivity index (χ3v) is 5.22. The summed E-state index contributed by atoms with van der Waals surface area (Å²) in [6, 6.07) is 18.9. The van der Waals surface area contributed by atoms with Gasteiger partial charge in [-0.3, -0.25) is 4.79 Å². The fraction of sp³-hybridized carbons (Fsp3) is 0. The van der Waals surface area contributed by atoms with E-state index in [1.54, 1.807) is 0 Å². The largest absolute Gasteiger partial charge is 0.346 e. The van der Waals surface area contributed by atoms with Crippen molar-refractivity contribution >= 4 is 55.4 Å². The average molecular weight is 381 g/mol. The van der Waals surface area contributed by atoms with Crippen LogP contribution >= 0.6 is 22.9 Å². The smallest absolute Gasteiger partial charge is 0.260 e. The van der Waals surface area contributed by atoms with Crippen LogP contribution in [0.3, 0.4) is 0 Å². The number of rotatable bonds is 4. The summed E-state index contributed by atoms with van der Waals surface area (Å²) in [5.41, 5.74) is 2.56. The minimum absolute atomic E-state index is 0.254. The lowest BCUT2D eigenvalue weighted by Gasteiger charge is -2.08. The lowest BCUT2D eigenvalue weighted by atomic mass is 10.2. The number of nitrogens with one attached hydrogen (secondary N) is 2. The van der Waals surface area contributed by atoms with E-state index in [0.717, 1.165) is 5.69 Å². The van der Waals surface area contributed by atoms with Crippen LogP contribution in [0.25, 0.3) is 10.2 Å². The number of anilines is 3. The molecule has 2 aromatic carbocycles. The minimum atomic E-state index is -0.254. The Labute approximate surface area is 158 Å². The Kier molecular flexibility index (Phi) is 4.51. The topological polar surface area (TPSA) is 66.9 Å². The van der Waals surface area contributed by atoms with E-state index in [4.69, 9.17) is 11.6 Å². The van der Waals surface area contributed by atoms with Crippen LogP contribution in [0.15, 0.2) is 67.0 Å². The van der Waals surface area contributed by atoms with E-state index in [9.17, 15) is 4.79 Å². The molecule has 5 nitrogen and oxygen atoms in total. The maximum absolute atomic E-state index is 13.0. The number of carbonyl (C=O) groups is 1. The molecule has 0 unspecified atom stereocenters. The summed E-state index contributed by atoms with van der Waals surface area (Å²) >= 11 is 7.57. The molecule has 0 radical (unpaired) electrons. The number of thiophene rings is 1. The number of carbonyl (C=O) groups excluding carboxylic acids is 1. The van der Waals surface area contributed by atoms with Gasteiger partial charge in [-0.25, -0.2) is 9.97 Å². The third kappa shape index (κ3) is 3.24. The van der Waals surface area contributed by atoms with Crippen LogP contribution in [-0.2, 0) is 0 Å². The van der Waals surface area contributed by atoms with Gasteiger partial charge in [-0.15, -0.1) is 11.3 Å². The quantitative estimate of drug-likeness (QED) is 0.469. The van der Waals surface area contributed by atoms with Crippen molar-refractivity contribution < 1.29 is 4.79 Å². The van der Waals surface area contributed by atoms with Crippen LogP contribution in [0.2, 0.25) is 5.15 Å². The Balaban J connectivity index is 1.79. The summed E-state index contributed by atoms with van der Waals surface area (Å²) in [5.74, 6) is -0.254. The van der Waals surface area contributed by atoms with Gasteiger partial charge < -0.3 is 10.6 Å². The summed E-state index contributed by atoms with van der Waals surface area (Å²) < 4.78 is 0.672. The van der Waals surface area contributed by atoms with Gasteiger partial charge in [0.05, 0.1) is 4.70 Å². The number of hydrogen-bond donors (Lipinski definition) is 2. The zero-order valence-electron chi connectivity index (χ0n) is 13.4. The molecule has 7 heteroatoms. The standard InChI is InChI=1S/C19H13ClN4OS/c20-17-16-15(21-11-22-17)14(18(25)23-12-7-3-1-4-8-12)19(26-16)24-13-9-5-2-6-10-13/h1-11,24H,(H,23,25). The van der Waals surface area contributed by atoms with Gasteiger partial charge in [0.25, 0.3) is 5.91 Å². The van der Waals surface area contributed by atoms with Crippen molar-refractivity contribution in [3.8, 4) is 0 Å². The van der Waals surface area contributed by atoms with E-state index in [1.165, 1.54) is 17.7 Å². The van der Waals surface area contributed by atoms with Crippen LogP contribution in [-0.4, -0.2) is 15.9 Å². The van der Waals surface area contributed by atoms with Gasteiger partial charge in [0.15, 0.2) is 0 Å². The van der Waals surface area contributed by atoms with Gasteiger partial charge in [0.1, 0.15) is 27.6 Å². The second kappa shape index (κ2) is 7.11. The van der Waals surface area contributed by atoms with Gasteiger partial charge in [0.2, 0.25) is 0 Å². The molecule has 0 saturated heterocycles. The molecule has 0 spiro atoms. The summed E-state index contributed by atoms with van der Waals surface area (Å²) in [4.78, 5) is 21.3. The first-order valence-corrected chi connectivity index (χ1v) is 9.03. The molecule has 4 aromatic rings. The number of amides is 1. The molecule has 2 heterocycles. The molecule has 2 aromatic heterocycles. The highest BCUT2D eigenvalue weighted by Gasteiger charge is 2.22. The second-order valence-corrected chi connectivity index (χ2v) is 6.84. The van der Waals surface area contributed by atoms with Crippen molar-refractivity contribution in [3.63, 3.8) is 0 Å². The first-order chi connectivity index (χ1) is 12.7. The van der Waals surface area contributed by atoms with E-state index in [2.05, 4.69) is 20.6 Å². The number of aromatic nitrogens is 2. The highest BCUT2D eigenvalue weighted by molar-refractivity contribution is 7.24. The lowest BCUT2D eigenvalue weighted by molar-refractivity contribution is 0.102. The molecule has 0 atom stereocenters. The molecule has 26 heavy (non-hydrogen) atoms. The van der Waals surface area contributed by atoms with Crippen molar-refractivity contribution in [2.24, 2.45) is 0 Å². The zero-order chi connectivity index (χ0) is 17.9. The Bertz CT molecular complexity index is 1070. The maximum atomic E-state index is 13.0. The number of nitrogens with zero attached hydrogens (tertiary/aromatic N) is 2. The molecule has 0 aliphatic rings. The molecule has 0 bridgehead atoms. The molecule has 128 valence electrons. The predicted octanol–water partition coefficient (Wildman–Crippen LogP) is 5.34. The van der Waals surface area contributed by atoms with E-state index >= 15 is 0 Å². The molecule has 1 amide bonds. The summed E-state index contributed by atoms with van der Waals surface area (Å²) in [6.45, 7) is 0. The highest BCUT2D eigenvalue weighted by atomic mass is 35.5. The number of hydrogen-bond acceptors (Lipinski definition) is 5. The van der Waals surface area contributed by atoms with Crippen molar-refractivity contribution in [1.82, 2.24) is 9.97 Å². The molecular weight excluding hydrogens is 368 g/mol. The Morgan fingerprint density at radius 1 is 0.923 bits per heavy atom. The van der Waals surface area contributed by atoms with Crippen LogP contribution in [0.4, 0.5) is 16.4 Å². The number of halogens is 1. The van der Waals surface area contributed by atoms with Crippen LogP contribution in [0, 0.1) is 0 Å². The van der Waals surface area contributed by atoms with Crippen molar-refractivity contribution in [2.45, 2.75) is 0 Å². The molecule has 4 rings (SSSR count). The van der Waals surface area contributed by atoms with E-state index < -0.39 is 0 Å². The molecule has 0 fully saturated rings. The number of benzene rings is 2. The minimum Gasteiger partial charge on any atom is -0.346 e. The highest BCUT2D eigenvalue weighted by Crippen LogP contribution is 2.39. The maximum Gasteiger partial charge on any atom is 0.260 e. The SMILES string of the molecule is O=C(Nc1ccccc1)c1c(Nc2ccccc2)sc2c(Cl)ncnc12. The van der Waals surface area contributed by atoms with Crippen LogP contribution in [0.1, 0.15) is 10.4 Å². The number of para-hydroxylation sites is 2. The van der Waals surface area contributed by atoms with Gasteiger partial charge in [-0.2, -0.15) is 0 Å². The Morgan fingerprint density at radius 2 is 1.58 bits per heavy atom. The first kappa shape index (κ1) is 16.5. The molecule has 0 aliphatic carbocycles. The monoisotopic (exact) mass is 380 g/mol. The van der Waals surface area contributed by atoms with Crippen molar-refractivity contribution in [1.29, 1.82) is 0 Å². The predicted molar refractivity (Wildman–Crippen MR) is 107 cm³/mol. The van der Waals surface area contributed by atoms with E-state index in [1.807, 2.05) is 60.7 Å². The third-order valence-electron chi connectivity index (χ3n) is 3.72. The van der Waals surface area contributed by atoms with Gasteiger partial charge in [-0.1, -0.05) is 48.0 Å². The van der Waals surface area contributed by atoms with Gasteiger partial charge >= 0.3 is 0 Å². The molecule has 0 saturated carbocycles. The molecular formula is C19H13ClN4OS. The average Bonchev–Trinajstić information content (AvgIpc) is 3.03. The first-order valence-electron chi connectivity index (χ1n) is 7.84. The number of fused-ring (bicyclic) bond motifs is 1. The molecule has 0 aliphatic heterocycles. The van der Waals surface area contributed by atoms with Gasteiger partial charge in [-0.05, 0) is 24.3 Å². The lowest BCUT2D eigenvalue weighted by Crippen LogP contribution is -2.13. The fourth-order valence-electron chi connectivity index (χ4n) is 2.55. The summed E-state index contributed by atoms with van der Waals surface area (Å²) in [6.07, 6.45) is 1.36. The summed E-state index contributed by atoms with van der Waals surface area (Å²) in [7, 11) is 0. The van der Waals surface area contributed by atoms with Gasteiger partial charge in [0, 0.05) is 11.4 Å². The second-order valence-electron chi connectivity index (χ2n) is 5.46. The summed E-state index contributed by atoms with van der Waals surface area (Å²) in [5, 5.41) is 7.19. The Hall–Kier alpha value is -2.96. The van der Waals surface area contributed by atoms with E-state index in [-0.39, 0.29) is 5.91 Å². The molecule has 2 N–H and O–H groups in total.